The molecule has 1 saturated carbocycles. The van der Waals surface area contributed by atoms with Crippen molar-refractivity contribution < 1.29 is 9.53 Å². The molecule has 1 aliphatic carbocycles. The smallest absolute Gasteiger partial charge is 0.243 e. The fourth-order valence-corrected chi connectivity index (χ4v) is 1.67. The van der Waals surface area contributed by atoms with Crippen LogP contribution in [0.15, 0.2) is 4.99 Å². The lowest BCUT2D eigenvalue weighted by Crippen LogP contribution is -2.41. The van der Waals surface area contributed by atoms with E-state index in [9.17, 15) is 4.79 Å². The number of hydrogen-bond donors (Lipinski definition) is 1. The molecule has 6 nitrogen and oxygen atoms in total. The van der Waals surface area contributed by atoms with Gasteiger partial charge in [0.05, 0.1) is 6.61 Å². The number of hydrogen-bond acceptors (Lipinski definition) is 3. The fourth-order valence-electron chi connectivity index (χ4n) is 1.67. The van der Waals surface area contributed by atoms with E-state index >= 15 is 0 Å². The second kappa shape index (κ2) is 9.60. The van der Waals surface area contributed by atoms with Crippen molar-refractivity contribution in [1.29, 1.82) is 0 Å². The molecule has 0 spiro atoms. The van der Waals surface area contributed by atoms with Crippen LogP contribution in [0.1, 0.15) is 26.2 Å². The van der Waals surface area contributed by atoms with Crippen molar-refractivity contribution in [2.24, 2.45) is 10.9 Å². The van der Waals surface area contributed by atoms with Crippen LogP contribution in [0.4, 0.5) is 0 Å². The number of amides is 1. The van der Waals surface area contributed by atoms with Gasteiger partial charge in [0.25, 0.3) is 0 Å². The number of rotatable bonds is 9. The van der Waals surface area contributed by atoms with Crippen LogP contribution >= 0.6 is 0 Å². The number of nitrogens with zero attached hydrogens (tertiary/aromatic N) is 3. The number of aliphatic imine (C=N–C) groups is 1. The molecule has 1 fully saturated rings. The minimum atomic E-state index is 0.00387. The zero-order chi connectivity index (χ0) is 15.7. The molecular formula is C15H30N4O2. The Morgan fingerprint density at radius 1 is 1.33 bits per heavy atom. The topological polar surface area (TPSA) is 57.2 Å². The predicted molar refractivity (Wildman–Crippen MR) is 85.5 cm³/mol. The van der Waals surface area contributed by atoms with Crippen molar-refractivity contribution in [3.8, 4) is 0 Å². The van der Waals surface area contributed by atoms with E-state index in [1.165, 1.54) is 12.8 Å². The van der Waals surface area contributed by atoms with Gasteiger partial charge in [-0.15, -0.1) is 0 Å². The summed E-state index contributed by atoms with van der Waals surface area (Å²) >= 11 is 0. The molecule has 1 N–H and O–H groups in total. The predicted octanol–water partition coefficient (Wildman–Crippen LogP) is 0.789. The summed E-state index contributed by atoms with van der Waals surface area (Å²) in [6.07, 6.45) is 3.65. The fraction of sp³-hybridized carbons (Fsp3) is 0.867. The van der Waals surface area contributed by atoms with E-state index in [4.69, 9.17) is 4.74 Å². The first-order chi connectivity index (χ1) is 10.0. The molecule has 1 rings (SSSR count). The van der Waals surface area contributed by atoms with E-state index in [1.54, 1.807) is 19.0 Å². The van der Waals surface area contributed by atoms with E-state index in [0.717, 1.165) is 38.0 Å². The molecule has 0 aromatic rings. The maximum Gasteiger partial charge on any atom is 0.243 e. The van der Waals surface area contributed by atoms with E-state index < -0.39 is 0 Å². The molecule has 0 saturated heterocycles. The average Bonchev–Trinajstić information content (AvgIpc) is 3.27. The summed E-state index contributed by atoms with van der Waals surface area (Å²) in [5.41, 5.74) is 0. The van der Waals surface area contributed by atoms with E-state index in [2.05, 4.69) is 17.2 Å². The number of likely N-dealkylation sites (N-methyl/N-ethyl adjacent to an activating group) is 2. The van der Waals surface area contributed by atoms with Crippen LogP contribution in [-0.2, 0) is 9.53 Å². The minimum absolute atomic E-state index is 0.00387. The number of carbonyl (C=O) groups is 1. The summed E-state index contributed by atoms with van der Waals surface area (Å²) in [6.45, 7) is 5.48. The maximum atomic E-state index is 11.6. The Bertz CT molecular complexity index is 341. The summed E-state index contributed by atoms with van der Waals surface area (Å²) in [7, 11) is 5.46. The number of guanidine groups is 1. The van der Waals surface area contributed by atoms with Crippen LogP contribution < -0.4 is 5.32 Å². The van der Waals surface area contributed by atoms with Crippen LogP contribution in [0.25, 0.3) is 0 Å². The van der Waals surface area contributed by atoms with Crippen molar-refractivity contribution in [2.75, 3.05) is 54.0 Å². The average molecular weight is 298 g/mol. The van der Waals surface area contributed by atoms with Crippen molar-refractivity contribution >= 4 is 11.9 Å². The van der Waals surface area contributed by atoms with E-state index in [-0.39, 0.29) is 12.5 Å². The van der Waals surface area contributed by atoms with Crippen molar-refractivity contribution in [2.45, 2.75) is 26.2 Å². The van der Waals surface area contributed by atoms with Gasteiger partial charge in [-0.3, -0.25) is 4.79 Å². The molecule has 0 aromatic heterocycles. The quantitative estimate of drug-likeness (QED) is 0.388. The van der Waals surface area contributed by atoms with Gasteiger partial charge in [0, 0.05) is 40.8 Å². The zero-order valence-electron chi connectivity index (χ0n) is 13.9. The third-order valence-electron chi connectivity index (χ3n) is 3.38. The van der Waals surface area contributed by atoms with Gasteiger partial charge in [-0.25, -0.2) is 4.99 Å². The Morgan fingerprint density at radius 3 is 2.62 bits per heavy atom. The second-order valence-corrected chi connectivity index (χ2v) is 5.79. The van der Waals surface area contributed by atoms with Crippen LogP contribution in [0.3, 0.4) is 0 Å². The van der Waals surface area contributed by atoms with E-state index in [1.807, 2.05) is 11.9 Å². The summed E-state index contributed by atoms with van der Waals surface area (Å²) in [4.78, 5) is 19.6. The molecule has 0 bridgehead atoms. The summed E-state index contributed by atoms with van der Waals surface area (Å²) in [5.74, 6) is 1.56. The van der Waals surface area contributed by atoms with Crippen LogP contribution in [0.5, 0.6) is 0 Å². The molecule has 1 amide bonds. The van der Waals surface area contributed by atoms with Gasteiger partial charge >= 0.3 is 0 Å². The van der Waals surface area contributed by atoms with Crippen molar-refractivity contribution in [3.63, 3.8) is 0 Å². The second-order valence-electron chi connectivity index (χ2n) is 5.79. The molecule has 1 aliphatic rings. The number of nitrogens with one attached hydrogen (secondary N) is 1. The highest BCUT2D eigenvalue weighted by atomic mass is 16.5. The van der Waals surface area contributed by atoms with Crippen LogP contribution in [0, 0.1) is 5.92 Å². The number of ether oxygens (including phenoxy) is 1. The molecule has 0 aromatic carbocycles. The highest BCUT2D eigenvalue weighted by molar-refractivity contribution is 5.84. The molecule has 0 aliphatic heterocycles. The lowest BCUT2D eigenvalue weighted by atomic mass is 10.4. The largest absolute Gasteiger partial charge is 0.379 e. The molecule has 0 unspecified atom stereocenters. The highest BCUT2D eigenvalue weighted by Gasteiger charge is 2.21. The molecule has 122 valence electrons. The Kier molecular flexibility index (Phi) is 8.12. The van der Waals surface area contributed by atoms with Gasteiger partial charge in [0.15, 0.2) is 5.96 Å². The maximum absolute atomic E-state index is 11.6. The van der Waals surface area contributed by atoms with Crippen molar-refractivity contribution in [3.05, 3.63) is 0 Å². The van der Waals surface area contributed by atoms with Gasteiger partial charge in [0.2, 0.25) is 5.91 Å². The molecule has 0 radical (unpaired) electrons. The lowest BCUT2D eigenvalue weighted by Gasteiger charge is -2.22. The monoisotopic (exact) mass is 298 g/mol. The summed E-state index contributed by atoms with van der Waals surface area (Å²) in [5, 5.41) is 3.28. The van der Waals surface area contributed by atoms with Crippen LogP contribution in [0.2, 0.25) is 0 Å². The SMILES string of the molecule is CCCNC(=NCC(=O)N(C)C)N(C)CCOCC1CC1. The summed E-state index contributed by atoms with van der Waals surface area (Å²) in [6, 6.07) is 0. The molecule has 21 heavy (non-hydrogen) atoms. The standard InChI is InChI=1S/C15H30N4O2/c1-5-8-16-15(17-11-14(20)18(2)3)19(4)9-10-21-12-13-6-7-13/h13H,5-12H2,1-4H3,(H,16,17). The normalized spacial score (nSPS) is 15.0. The zero-order valence-corrected chi connectivity index (χ0v) is 13.9. The Hall–Kier alpha value is -1.30. The van der Waals surface area contributed by atoms with Gasteiger partial charge in [-0.05, 0) is 25.2 Å². The van der Waals surface area contributed by atoms with Gasteiger partial charge in [0.1, 0.15) is 6.54 Å². The molecule has 6 heteroatoms. The van der Waals surface area contributed by atoms with Crippen molar-refractivity contribution in [1.82, 2.24) is 15.1 Å². The highest BCUT2D eigenvalue weighted by Crippen LogP contribution is 2.28. The first-order valence-electron chi connectivity index (χ1n) is 7.82. The van der Waals surface area contributed by atoms with Gasteiger partial charge < -0.3 is 19.9 Å². The summed E-state index contributed by atoms with van der Waals surface area (Å²) < 4.78 is 5.65. The number of carbonyl (C=O) groups excluding carboxylic acids is 1. The Balaban J connectivity index is 2.37. The minimum Gasteiger partial charge on any atom is -0.379 e. The first-order valence-corrected chi connectivity index (χ1v) is 7.82. The third kappa shape index (κ3) is 7.90. The van der Waals surface area contributed by atoms with Gasteiger partial charge in [-0.2, -0.15) is 0 Å². The molecule has 0 heterocycles. The van der Waals surface area contributed by atoms with Gasteiger partial charge in [-0.1, -0.05) is 6.92 Å². The third-order valence-corrected chi connectivity index (χ3v) is 3.38. The van der Waals surface area contributed by atoms with Crippen LogP contribution in [-0.4, -0.2) is 75.7 Å². The Labute approximate surface area is 128 Å². The first kappa shape index (κ1) is 17.8. The lowest BCUT2D eigenvalue weighted by molar-refractivity contribution is -0.127. The molecule has 0 atom stereocenters. The van der Waals surface area contributed by atoms with E-state index in [0.29, 0.717) is 6.61 Å². The molecular weight excluding hydrogens is 268 g/mol. The Morgan fingerprint density at radius 2 is 2.05 bits per heavy atom.